The number of ether oxygens (including phenoxy) is 1. The summed E-state index contributed by atoms with van der Waals surface area (Å²) in [5.74, 6) is 1.04. The molecule has 1 aromatic heterocycles. The summed E-state index contributed by atoms with van der Waals surface area (Å²) in [6, 6.07) is 6.65. The van der Waals surface area contributed by atoms with Crippen molar-refractivity contribution in [1.82, 2.24) is 10.3 Å². The fourth-order valence-electron chi connectivity index (χ4n) is 2.04. The molecule has 0 saturated heterocycles. The van der Waals surface area contributed by atoms with E-state index in [9.17, 15) is 10.1 Å². The number of nitrogens with zero attached hydrogens (tertiary/aromatic N) is 2. The van der Waals surface area contributed by atoms with Crippen LogP contribution in [0.5, 0.6) is 11.6 Å². The molecular weight excluding hydrogens is 270 g/mol. The van der Waals surface area contributed by atoms with Crippen molar-refractivity contribution in [3.63, 3.8) is 0 Å². The molecular formula is C15H17N3O3. The maximum atomic E-state index is 10.8. The van der Waals surface area contributed by atoms with Crippen LogP contribution >= 0.6 is 0 Å². The van der Waals surface area contributed by atoms with E-state index < -0.39 is 4.92 Å². The maximum Gasteiger partial charge on any atom is 0.272 e. The van der Waals surface area contributed by atoms with Crippen LogP contribution in [0.1, 0.15) is 16.7 Å². The van der Waals surface area contributed by atoms with Gasteiger partial charge in [0.1, 0.15) is 5.75 Å². The molecule has 1 N–H and O–H groups in total. The van der Waals surface area contributed by atoms with Gasteiger partial charge in [-0.3, -0.25) is 10.1 Å². The van der Waals surface area contributed by atoms with Crippen molar-refractivity contribution >= 4 is 5.69 Å². The second kappa shape index (κ2) is 6.32. The molecule has 0 saturated carbocycles. The molecule has 0 unspecified atom stereocenters. The number of hydrogen-bond donors (Lipinski definition) is 1. The summed E-state index contributed by atoms with van der Waals surface area (Å²) in [6.45, 7) is 4.34. The van der Waals surface area contributed by atoms with Crippen molar-refractivity contribution < 1.29 is 9.66 Å². The highest BCUT2D eigenvalue weighted by Gasteiger charge is 2.12. The van der Waals surface area contributed by atoms with E-state index in [4.69, 9.17) is 4.74 Å². The quantitative estimate of drug-likeness (QED) is 0.675. The average molecular weight is 287 g/mol. The van der Waals surface area contributed by atoms with Crippen molar-refractivity contribution in [2.75, 3.05) is 7.05 Å². The van der Waals surface area contributed by atoms with E-state index in [1.165, 1.54) is 6.07 Å². The van der Waals surface area contributed by atoms with E-state index in [1.807, 2.05) is 20.0 Å². The first-order valence-corrected chi connectivity index (χ1v) is 6.54. The van der Waals surface area contributed by atoms with Crippen LogP contribution in [-0.2, 0) is 6.54 Å². The van der Waals surface area contributed by atoms with E-state index in [2.05, 4.69) is 10.3 Å². The lowest BCUT2D eigenvalue weighted by Gasteiger charge is -2.09. The molecule has 6 heteroatoms. The maximum absolute atomic E-state index is 10.8. The molecule has 0 bridgehead atoms. The molecule has 110 valence electrons. The van der Waals surface area contributed by atoms with Gasteiger partial charge in [0.2, 0.25) is 5.88 Å². The summed E-state index contributed by atoms with van der Waals surface area (Å²) in [5.41, 5.74) is 2.62. The Morgan fingerprint density at radius 1 is 1.29 bits per heavy atom. The summed E-state index contributed by atoms with van der Waals surface area (Å²) < 4.78 is 5.70. The normalized spacial score (nSPS) is 10.4. The smallest absolute Gasteiger partial charge is 0.272 e. The molecule has 0 atom stereocenters. The Hall–Kier alpha value is -2.47. The number of hydrogen-bond acceptors (Lipinski definition) is 5. The van der Waals surface area contributed by atoms with Crippen LogP contribution in [0, 0.1) is 24.0 Å². The second-order valence-corrected chi connectivity index (χ2v) is 4.80. The van der Waals surface area contributed by atoms with Gasteiger partial charge in [0.15, 0.2) is 0 Å². The standard InChI is InChI=1S/C15H17N3O3/c1-10-7-13(4-5-14(10)18(19)20)21-15-11(2)6-12(8-16-3)9-17-15/h4-7,9,16H,8H2,1-3H3. The fourth-order valence-corrected chi connectivity index (χ4v) is 2.04. The van der Waals surface area contributed by atoms with Crippen molar-refractivity contribution in [3.8, 4) is 11.6 Å². The minimum absolute atomic E-state index is 0.0800. The molecule has 1 heterocycles. The number of aryl methyl sites for hydroxylation is 2. The molecule has 21 heavy (non-hydrogen) atoms. The van der Waals surface area contributed by atoms with Crippen LogP contribution in [-0.4, -0.2) is 17.0 Å². The lowest BCUT2D eigenvalue weighted by atomic mass is 10.2. The van der Waals surface area contributed by atoms with Crippen molar-refractivity contribution in [2.24, 2.45) is 0 Å². The first-order chi connectivity index (χ1) is 10.0. The van der Waals surface area contributed by atoms with Gasteiger partial charge < -0.3 is 10.1 Å². The van der Waals surface area contributed by atoms with E-state index in [0.717, 1.165) is 17.7 Å². The Balaban J connectivity index is 2.22. The predicted molar refractivity (Wildman–Crippen MR) is 79.6 cm³/mol. The number of benzene rings is 1. The molecule has 0 amide bonds. The molecule has 1 aromatic carbocycles. The molecule has 0 spiro atoms. The third-order valence-corrected chi connectivity index (χ3v) is 3.05. The average Bonchev–Trinajstić information content (AvgIpc) is 2.42. The SMILES string of the molecule is CNCc1cnc(Oc2ccc([N+](=O)[O-])c(C)c2)c(C)c1. The van der Waals surface area contributed by atoms with Crippen molar-refractivity contribution in [3.05, 3.63) is 57.3 Å². The largest absolute Gasteiger partial charge is 0.439 e. The van der Waals surface area contributed by atoms with Crippen LogP contribution in [0.25, 0.3) is 0 Å². The monoisotopic (exact) mass is 287 g/mol. The number of rotatable bonds is 5. The van der Waals surface area contributed by atoms with Gasteiger partial charge in [-0.25, -0.2) is 4.98 Å². The highest BCUT2D eigenvalue weighted by atomic mass is 16.6. The van der Waals surface area contributed by atoms with E-state index in [1.54, 1.807) is 25.3 Å². The summed E-state index contributed by atoms with van der Waals surface area (Å²) in [6.07, 6.45) is 1.75. The molecule has 0 aliphatic heterocycles. The number of aromatic nitrogens is 1. The number of nitrogens with one attached hydrogen (secondary N) is 1. The zero-order valence-electron chi connectivity index (χ0n) is 12.2. The van der Waals surface area contributed by atoms with Gasteiger partial charge in [0.05, 0.1) is 4.92 Å². The molecule has 0 radical (unpaired) electrons. The molecule has 2 rings (SSSR count). The second-order valence-electron chi connectivity index (χ2n) is 4.80. The van der Waals surface area contributed by atoms with Gasteiger partial charge >= 0.3 is 0 Å². The van der Waals surface area contributed by atoms with Gasteiger partial charge in [-0.2, -0.15) is 0 Å². The van der Waals surface area contributed by atoms with Gasteiger partial charge in [0.25, 0.3) is 5.69 Å². The summed E-state index contributed by atoms with van der Waals surface area (Å²) in [7, 11) is 1.87. The number of pyridine rings is 1. The van der Waals surface area contributed by atoms with Crippen molar-refractivity contribution in [2.45, 2.75) is 20.4 Å². The molecule has 2 aromatic rings. The lowest BCUT2D eigenvalue weighted by molar-refractivity contribution is -0.385. The molecule has 0 fully saturated rings. The molecule has 0 aliphatic carbocycles. The third-order valence-electron chi connectivity index (χ3n) is 3.05. The Kier molecular flexibility index (Phi) is 4.49. The topological polar surface area (TPSA) is 77.3 Å². The van der Waals surface area contributed by atoms with Crippen LogP contribution in [0.15, 0.2) is 30.5 Å². The van der Waals surface area contributed by atoms with Gasteiger partial charge in [-0.15, -0.1) is 0 Å². The summed E-state index contributed by atoms with van der Waals surface area (Å²) in [4.78, 5) is 14.7. The zero-order chi connectivity index (χ0) is 15.4. The first-order valence-electron chi connectivity index (χ1n) is 6.54. The minimum atomic E-state index is -0.408. The van der Waals surface area contributed by atoms with E-state index in [-0.39, 0.29) is 5.69 Å². The third kappa shape index (κ3) is 3.55. The number of nitro groups is 1. The van der Waals surface area contributed by atoms with Crippen LogP contribution in [0.2, 0.25) is 0 Å². The Morgan fingerprint density at radius 2 is 2.05 bits per heavy atom. The Morgan fingerprint density at radius 3 is 2.62 bits per heavy atom. The van der Waals surface area contributed by atoms with E-state index in [0.29, 0.717) is 17.2 Å². The summed E-state index contributed by atoms with van der Waals surface area (Å²) >= 11 is 0. The minimum Gasteiger partial charge on any atom is -0.439 e. The highest BCUT2D eigenvalue weighted by Crippen LogP contribution is 2.27. The fraction of sp³-hybridized carbons (Fsp3) is 0.267. The van der Waals surface area contributed by atoms with Crippen LogP contribution in [0.4, 0.5) is 5.69 Å². The summed E-state index contributed by atoms with van der Waals surface area (Å²) in [5, 5.41) is 13.9. The first kappa shape index (κ1) is 14.9. The lowest BCUT2D eigenvalue weighted by Crippen LogP contribution is -2.06. The van der Waals surface area contributed by atoms with Gasteiger partial charge in [-0.1, -0.05) is 0 Å². The Labute approximate surface area is 122 Å². The van der Waals surface area contributed by atoms with Crippen molar-refractivity contribution in [1.29, 1.82) is 0 Å². The van der Waals surface area contributed by atoms with Crippen LogP contribution in [0.3, 0.4) is 0 Å². The van der Waals surface area contributed by atoms with Gasteiger partial charge in [0, 0.05) is 29.9 Å². The Bertz CT molecular complexity index is 671. The van der Waals surface area contributed by atoms with Crippen LogP contribution < -0.4 is 10.1 Å². The van der Waals surface area contributed by atoms with E-state index >= 15 is 0 Å². The molecule has 6 nitrogen and oxygen atoms in total. The predicted octanol–water partition coefficient (Wildman–Crippen LogP) is 3.12. The number of nitro benzene ring substituents is 1. The highest BCUT2D eigenvalue weighted by molar-refractivity contribution is 5.45. The van der Waals surface area contributed by atoms with Gasteiger partial charge in [-0.05, 0) is 44.7 Å². The zero-order valence-corrected chi connectivity index (χ0v) is 12.2. The molecule has 0 aliphatic rings.